The normalized spacial score (nSPS) is 35.5. The second kappa shape index (κ2) is 14.0. The van der Waals surface area contributed by atoms with E-state index in [4.69, 9.17) is 14.2 Å². The molecule has 12 nitrogen and oxygen atoms in total. The molecule has 0 unspecified atom stereocenters. The lowest BCUT2D eigenvalue weighted by Gasteiger charge is -2.63. The number of aromatic amines is 1. The van der Waals surface area contributed by atoms with Crippen LogP contribution in [0.1, 0.15) is 62.6 Å². The zero-order valence-corrected chi connectivity index (χ0v) is 32.5. The van der Waals surface area contributed by atoms with E-state index in [1.807, 2.05) is 61.6 Å². The number of nitrogens with one attached hydrogen (secondary N) is 2. The number of aliphatic hydroxyl groups excluding tert-OH is 3. The molecule has 0 bridgehead atoms. The molecule has 2 saturated heterocycles. The van der Waals surface area contributed by atoms with E-state index in [2.05, 4.69) is 16.4 Å². The number of hydrogen-bond acceptors (Lipinski definition) is 11. The van der Waals surface area contributed by atoms with E-state index in [9.17, 15) is 35.4 Å². The Kier molecular flexibility index (Phi) is 9.19. The number of hydrogen-bond donors (Lipinski definition) is 8. The van der Waals surface area contributed by atoms with Crippen molar-refractivity contribution >= 4 is 38.4 Å². The number of aromatic nitrogens is 1. The van der Waals surface area contributed by atoms with Gasteiger partial charge in [0.2, 0.25) is 5.79 Å². The molecule has 5 fully saturated rings. The van der Waals surface area contributed by atoms with Crippen LogP contribution in [0.5, 0.6) is 11.5 Å². The summed E-state index contributed by atoms with van der Waals surface area (Å²) in [6.45, 7) is 0.0463. The Labute approximate surface area is 335 Å². The Balaban J connectivity index is 1.08. The number of carbonyl (C=O) groups is 1. The van der Waals surface area contributed by atoms with Gasteiger partial charge in [-0.15, -0.1) is 0 Å². The van der Waals surface area contributed by atoms with Gasteiger partial charge in [0.25, 0.3) is 0 Å². The molecule has 4 aromatic carbocycles. The van der Waals surface area contributed by atoms with Crippen LogP contribution in [0.4, 0.5) is 0 Å². The highest BCUT2D eigenvalue weighted by Crippen LogP contribution is 2.63. The molecular weight excluding hydrogens is 741 g/mol. The fraction of sp³-hybridized carbons (Fsp3) is 0.500. The van der Waals surface area contributed by atoms with Gasteiger partial charge in [0.05, 0.1) is 35.4 Å². The van der Waals surface area contributed by atoms with Gasteiger partial charge in [-0.25, -0.2) is 4.79 Å². The van der Waals surface area contributed by atoms with Crippen LogP contribution in [0, 0.1) is 23.7 Å². The molecule has 10 rings (SSSR count). The molecule has 11 atom stereocenters. The summed E-state index contributed by atoms with van der Waals surface area (Å²) in [6.07, 6.45) is -0.766. The number of carbonyl (C=O) groups excluding carboxylic acids is 1. The van der Waals surface area contributed by atoms with E-state index in [1.165, 1.54) is 0 Å². The van der Waals surface area contributed by atoms with Crippen LogP contribution in [0.25, 0.3) is 32.4 Å². The Morgan fingerprint density at radius 3 is 2.41 bits per heavy atom. The maximum Gasteiger partial charge on any atom is 0.343 e. The van der Waals surface area contributed by atoms with Crippen molar-refractivity contribution in [1.29, 1.82) is 0 Å². The van der Waals surface area contributed by atoms with E-state index in [0.717, 1.165) is 59.2 Å². The molecular formula is C46H52N2O10. The van der Waals surface area contributed by atoms with Crippen LogP contribution in [0.15, 0.2) is 72.8 Å². The number of aromatic hydroxyl groups is 1. The van der Waals surface area contributed by atoms with Crippen molar-refractivity contribution in [2.75, 3.05) is 13.6 Å². The summed E-state index contributed by atoms with van der Waals surface area (Å²) < 4.78 is 19.5. The minimum absolute atomic E-state index is 0.0981. The maximum absolute atomic E-state index is 14.8. The first kappa shape index (κ1) is 38.1. The minimum Gasteiger partial charge on any atom is -0.508 e. The van der Waals surface area contributed by atoms with E-state index >= 15 is 0 Å². The summed E-state index contributed by atoms with van der Waals surface area (Å²) in [5, 5.41) is 77.7. The summed E-state index contributed by atoms with van der Waals surface area (Å²) in [5.74, 6) is -4.98. The van der Waals surface area contributed by atoms with Gasteiger partial charge in [0, 0.05) is 23.8 Å². The summed E-state index contributed by atoms with van der Waals surface area (Å²) in [7, 11) is 1.85. The first-order chi connectivity index (χ1) is 28.0. The second-order valence-electron chi connectivity index (χ2n) is 17.7. The van der Waals surface area contributed by atoms with Crippen molar-refractivity contribution in [1.82, 2.24) is 10.3 Å². The second-order valence-corrected chi connectivity index (χ2v) is 17.7. The third-order valence-electron chi connectivity index (χ3n) is 14.9. The highest BCUT2D eigenvalue weighted by Gasteiger charge is 2.79. The lowest BCUT2D eigenvalue weighted by molar-refractivity contribution is -0.365. The van der Waals surface area contributed by atoms with Crippen LogP contribution >= 0.6 is 0 Å². The summed E-state index contributed by atoms with van der Waals surface area (Å²) in [5.41, 5.74) is -0.856. The predicted molar refractivity (Wildman–Crippen MR) is 215 cm³/mol. The topological polar surface area (TPSA) is 194 Å². The smallest absolute Gasteiger partial charge is 0.343 e. The molecule has 5 aromatic rings. The van der Waals surface area contributed by atoms with E-state index < -0.39 is 71.7 Å². The fourth-order valence-corrected chi connectivity index (χ4v) is 12.4. The minimum atomic E-state index is -2.55. The Morgan fingerprint density at radius 1 is 0.948 bits per heavy atom. The molecule has 3 heterocycles. The van der Waals surface area contributed by atoms with Crippen molar-refractivity contribution < 1.29 is 49.6 Å². The first-order valence-corrected chi connectivity index (χ1v) is 20.9. The van der Waals surface area contributed by atoms with Gasteiger partial charge < -0.3 is 55.2 Å². The zero-order chi connectivity index (χ0) is 40.1. The zero-order valence-electron chi connectivity index (χ0n) is 32.5. The summed E-state index contributed by atoms with van der Waals surface area (Å²) >= 11 is 0. The number of phenols is 1. The van der Waals surface area contributed by atoms with Gasteiger partial charge in [0.1, 0.15) is 18.0 Å². The number of H-pyrrole nitrogens is 1. The third-order valence-corrected chi connectivity index (χ3v) is 14.9. The molecule has 3 aliphatic carbocycles. The molecule has 1 aromatic heterocycles. The van der Waals surface area contributed by atoms with Crippen LogP contribution in [0.3, 0.4) is 0 Å². The molecule has 306 valence electrons. The molecule has 58 heavy (non-hydrogen) atoms. The van der Waals surface area contributed by atoms with Crippen LogP contribution in [0.2, 0.25) is 0 Å². The molecule has 12 heteroatoms. The Morgan fingerprint density at radius 2 is 1.69 bits per heavy atom. The van der Waals surface area contributed by atoms with E-state index in [1.54, 1.807) is 12.1 Å². The Bertz CT molecular complexity index is 2380. The molecule has 0 spiro atoms. The molecule has 3 saturated carbocycles. The third kappa shape index (κ3) is 5.39. The maximum atomic E-state index is 14.8. The number of phenolic OH excluding ortho intramolecular Hbond substituents is 1. The van der Waals surface area contributed by atoms with Crippen LogP contribution < -0.4 is 10.1 Å². The number of esters is 1. The van der Waals surface area contributed by atoms with E-state index in [0.29, 0.717) is 30.3 Å². The van der Waals surface area contributed by atoms with Gasteiger partial charge in [0.15, 0.2) is 17.5 Å². The van der Waals surface area contributed by atoms with Crippen LogP contribution in [-0.2, 0) is 26.3 Å². The van der Waals surface area contributed by atoms with Gasteiger partial charge in [-0.05, 0) is 108 Å². The van der Waals surface area contributed by atoms with Gasteiger partial charge in [-0.2, -0.15) is 0 Å². The molecule has 0 amide bonds. The van der Waals surface area contributed by atoms with Crippen molar-refractivity contribution in [2.24, 2.45) is 23.7 Å². The van der Waals surface area contributed by atoms with Crippen molar-refractivity contribution in [3.63, 3.8) is 0 Å². The largest absolute Gasteiger partial charge is 0.508 e. The molecule has 2 aliphatic heterocycles. The fourth-order valence-electron chi connectivity index (χ4n) is 12.4. The molecule has 0 radical (unpaired) electrons. The van der Waals surface area contributed by atoms with Crippen molar-refractivity contribution in [2.45, 2.75) is 105 Å². The lowest BCUT2D eigenvalue weighted by Crippen LogP contribution is -2.76. The Hall–Kier alpha value is -4.11. The standard InChI is InChI=1S/C46H52N2O10/c1-47-22-27-21-31-32-14-16-35(51)46(55)45(32,54)42(56-39(31)37(38(27)52)44(17-5-2-6-18-44)28-10-12-29(50)13-11-28)41(58-46)43(53)57-40-34(23-49)48-33-15-9-26-19-24-7-3-4-8-25(24)20-30(26)36(33)40/h3-4,7-13,15,19-20,27,31-32,35,37-39,41-42,47-52,54-55H,2,5-6,14,16-18,21-23H2,1H3/t27-,31+,32+,35+,37+,38-,39+,41-,42+,45-,46+/m1/s1. The molecule has 5 aliphatic rings. The SMILES string of the molecule is CNC[C@H]1C[C@@H]2[C@H](O[C@H]3[C@H](C(=O)Oc4c(CO)[nH]c5ccc6cc7ccccc7cc6c45)O[C@@]4(O)[C@@H](O)CC[C@@H]2[C@@]34O)[C@@H](C2(c3ccc(O)cc3)CCCCC2)[C@@H]1O. The number of ether oxygens (including phenoxy) is 3. The van der Waals surface area contributed by atoms with Gasteiger partial charge >= 0.3 is 5.97 Å². The van der Waals surface area contributed by atoms with E-state index in [-0.39, 0.29) is 35.4 Å². The summed E-state index contributed by atoms with van der Waals surface area (Å²) in [4.78, 5) is 18.0. The number of aliphatic hydroxyl groups is 5. The average Bonchev–Trinajstić information content (AvgIpc) is 3.71. The number of rotatable bonds is 7. The first-order valence-electron chi connectivity index (χ1n) is 20.9. The van der Waals surface area contributed by atoms with Gasteiger partial charge in [-0.3, -0.25) is 0 Å². The quantitative estimate of drug-likeness (QED) is 0.0844. The number of fused-ring (bicyclic) bond motifs is 6. The average molecular weight is 793 g/mol. The van der Waals surface area contributed by atoms with Crippen molar-refractivity contribution in [3.8, 4) is 11.5 Å². The highest BCUT2D eigenvalue weighted by atomic mass is 16.7. The highest BCUT2D eigenvalue weighted by molar-refractivity contribution is 6.14. The van der Waals surface area contributed by atoms with Crippen LogP contribution in [-0.4, -0.2) is 97.1 Å². The number of benzene rings is 4. The summed E-state index contributed by atoms with van der Waals surface area (Å²) in [6, 6.07) is 23.1. The predicted octanol–water partition coefficient (Wildman–Crippen LogP) is 4.67. The van der Waals surface area contributed by atoms with Crippen molar-refractivity contribution in [3.05, 3.63) is 84.1 Å². The van der Waals surface area contributed by atoms with Gasteiger partial charge in [-0.1, -0.05) is 61.7 Å². The lowest BCUT2D eigenvalue weighted by atomic mass is 9.49. The molecule has 8 N–H and O–H groups in total. The monoisotopic (exact) mass is 792 g/mol.